The van der Waals surface area contributed by atoms with E-state index >= 15 is 0 Å². The topological polar surface area (TPSA) is 142 Å². The SMILES string of the molecule is CC/C=C\C/C=C\C/C=C\C/C=C\CCCCC(CCCCCCCC(=O)NCC(=O)NC(CO)C(=O)O)OC(=O)CCCCCCCCCCCCCCC. The van der Waals surface area contributed by atoms with Gasteiger partial charge in [-0.25, -0.2) is 4.79 Å². The van der Waals surface area contributed by atoms with Crippen LogP contribution >= 0.6 is 0 Å². The van der Waals surface area contributed by atoms with Crippen LogP contribution in [0, 0.1) is 0 Å². The first kappa shape index (κ1) is 52.8. The quantitative estimate of drug-likeness (QED) is 0.0275. The summed E-state index contributed by atoms with van der Waals surface area (Å²) in [5, 5.41) is 22.6. The minimum absolute atomic E-state index is 0.0506. The normalized spacial score (nSPS) is 12.9. The average molecular weight is 787 g/mol. The maximum atomic E-state index is 12.8. The molecule has 56 heavy (non-hydrogen) atoms. The fourth-order valence-corrected chi connectivity index (χ4v) is 6.41. The molecule has 0 rings (SSSR count). The van der Waals surface area contributed by atoms with E-state index in [4.69, 9.17) is 14.9 Å². The molecule has 4 N–H and O–H groups in total. The number of carboxylic acid groups (broad SMARTS) is 1. The number of amides is 2. The summed E-state index contributed by atoms with van der Waals surface area (Å²) in [5.41, 5.74) is 0. The fraction of sp³-hybridized carbons (Fsp3) is 0.745. The molecule has 9 heteroatoms. The third-order valence-electron chi connectivity index (χ3n) is 9.84. The van der Waals surface area contributed by atoms with Crippen LogP contribution in [-0.4, -0.2) is 59.3 Å². The summed E-state index contributed by atoms with van der Waals surface area (Å²) < 4.78 is 6.02. The Morgan fingerprint density at radius 1 is 0.554 bits per heavy atom. The number of ether oxygens (including phenoxy) is 1. The lowest BCUT2D eigenvalue weighted by molar-refractivity contribution is -0.150. The van der Waals surface area contributed by atoms with E-state index in [1.54, 1.807) is 0 Å². The van der Waals surface area contributed by atoms with Crippen molar-refractivity contribution >= 4 is 23.8 Å². The van der Waals surface area contributed by atoms with Gasteiger partial charge in [0.2, 0.25) is 11.8 Å². The van der Waals surface area contributed by atoms with Crippen molar-refractivity contribution in [3.05, 3.63) is 48.6 Å². The number of unbranched alkanes of at least 4 members (excludes halogenated alkanes) is 18. The molecule has 0 spiro atoms. The highest BCUT2D eigenvalue weighted by Crippen LogP contribution is 2.18. The molecule has 2 unspecified atom stereocenters. The van der Waals surface area contributed by atoms with Gasteiger partial charge in [-0.15, -0.1) is 0 Å². The number of aliphatic hydroxyl groups is 1. The van der Waals surface area contributed by atoms with Crippen LogP contribution in [0.3, 0.4) is 0 Å². The lowest BCUT2D eigenvalue weighted by Gasteiger charge is -2.18. The summed E-state index contributed by atoms with van der Waals surface area (Å²) >= 11 is 0. The van der Waals surface area contributed by atoms with Crippen molar-refractivity contribution in [2.75, 3.05) is 13.2 Å². The third kappa shape index (κ3) is 37.7. The average Bonchev–Trinajstić information content (AvgIpc) is 3.18. The summed E-state index contributed by atoms with van der Waals surface area (Å²) in [4.78, 5) is 47.6. The van der Waals surface area contributed by atoms with Crippen molar-refractivity contribution in [2.24, 2.45) is 0 Å². The van der Waals surface area contributed by atoms with Crippen LogP contribution < -0.4 is 10.6 Å². The van der Waals surface area contributed by atoms with Gasteiger partial charge in [-0.1, -0.05) is 159 Å². The van der Waals surface area contributed by atoms with Crippen LogP contribution in [0.2, 0.25) is 0 Å². The van der Waals surface area contributed by atoms with Gasteiger partial charge < -0.3 is 25.6 Å². The molecular formula is C47H82N2O7. The van der Waals surface area contributed by atoms with Gasteiger partial charge in [0.1, 0.15) is 12.1 Å². The van der Waals surface area contributed by atoms with Gasteiger partial charge in [0.15, 0.2) is 0 Å². The van der Waals surface area contributed by atoms with Crippen LogP contribution in [0.25, 0.3) is 0 Å². The van der Waals surface area contributed by atoms with Crippen molar-refractivity contribution in [2.45, 2.75) is 212 Å². The number of carbonyl (C=O) groups is 4. The number of carboxylic acids is 1. The predicted molar refractivity (Wildman–Crippen MR) is 231 cm³/mol. The summed E-state index contributed by atoms with van der Waals surface area (Å²) in [6, 6.07) is -1.39. The van der Waals surface area contributed by atoms with Crippen molar-refractivity contribution in [3.8, 4) is 0 Å². The standard InChI is InChI=1S/C47H82N2O7/c1-3-5-7-9-11-13-15-17-18-20-21-23-25-28-32-36-42(56-46(53)39-35-31-26-24-22-19-16-14-12-10-8-6-4-2)37-33-29-27-30-34-38-44(51)48-40-45(52)49-43(41-50)47(54)55/h5,7,11,13,17-18,21,23,42-43,50H,3-4,6,8-10,12,14-16,19-20,22,24-41H2,1-2H3,(H,48,51)(H,49,52)(H,54,55)/b7-5-,13-11-,18-17-,23-21-. The summed E-state index contributed by atoms with van der Waals surface area (Å²) in [6.45, 7) is 3.36. The molecule has 0 saturated carbocycles. The molecule has 0 bridgehead atoms. The number of esters is 1. The Labute approximate surface area is 341 Å². The van der Waals surface area contributed by atoms with E-state index in [2.05, 4.69) is 73.1 Å². The Bertz CT molecular complexity index is 1080. The lowest BCUT2D eigenvalue weighted by atomic mass is 10.0. The van der Waals surface area contributed by atoms with E-state index in [9.17, 15) is 19.2 Å². The van der Waals surface area contributed by atoms with Gasteiger partial charge in [0.05, 0.1) is 13.2 Å². The van der Waals surface area contributed by atoms with Crippen molar-refractivity contribution in [1.82, 2.24) is 10.6 Å². The van der Waals surface area contributed by atoms with Crippen LogP contribution in [0.4, 0.5) is 0 Å². The van der Waals surface area contributed by atoms with Crippen molar-refractivity contribution in [1.29, 1.82) is 0 Å². The van der Waals surface area contributed by atoms with E-state index in [1.807, 2.05) is 0 Å². The van der Waals surface area contributed by atoms with E-state index < -0.39 is 24.5 Å². The molecule has 2 amide bonds. The highest BCUT2D eigenvalue weighted by molar-refractivity contribution is 5.87. The molecule has 2 atom stereocenters. The summed E-state index contributed by atoms with van der Waals surface area (Å²) in [7, 11) is 0. The maximum Gasteiger partial charge on any atom is 0.328 e. The molecule has 0 fully saturated rings. The first-order valence-corrected chi connectivity index (χ1v) is 22.5. The molecule has 0 aromatic heterocycles. The molecule has 0 aliphatic heterocycles. The van der Waals surface area contributed by atoms with Crippen LogP contribution in [0.5, 0.6) is 0 Å². The molecular weight excluding hydrogens is 705 g/mol. The van der Waals surface area contributed by atoms with E-state index in [-0.39, 0.29) is 30.9 Å². The highest BCUT2D eigenvalue weighted by Gasteiger charge is 2.19. The smallest absolute Gasteiger partial charge is 0.328 e. The molecule has 0 aliphatic carbocycles. The Balaban J connectivity index is 4.41. The zero-order valence-corrected chi connectivity index (χ0v) is 35.6. The Hall–Kier alpha value is -3.20. The first-order valence-electron chi connectivity index (χ1n) is 22.5. The molecule has 0 saturated heterocycles. The van der Waals surface area contributed by atoms with Gasteiger partial charge in [-0.3, -0.25) is 14.4 Å². The molecule has 0 heterocycles. The Morgan fingerprint density at radius 3 is 1.54 bits per heavy atom. The minimum atomic E-state index is -1.39. The van der Waals surface area contributed by atoms with Crippen molar-refractivity contribution in [3.63, 3.8) is 0 Å². The van der Waals surface area contributed by atoms with E-state index in [0.29, 0.717) is 12.8 Å². The molecule has 322 valence electrons. The van der Waals surface area contributed by atoms with E-state index in [0.717, 1.165) is 96.3 Å². The van der Waals surface area contributed by atoms with E-state index in [1.165, 1.54) is 70.6 Å². The summed E-state index contributed by atoms with van der Waals surface area (Å²) in [5.74, 6) is -2.32. The van der Waals surface area contributed by atoms with Gasteiger partial charge >= 0.3 is 11.9 Å². The second-order valence-electron chi connectivity index (χ2n) is 15.1. The second kappa shape index (κ2) is 41.4. The minimum Gasteiger partial charge on any atom is -0.480 e. The maximum absolute atomic E-state index is 12.8. The highest BCUT2D eigenvalue weighted by atomic mass is 16.5. The number of allylic oxidation sites excluding steroid dienone is 8. The largest absolute Gasteiger partial charge is 0.480 e. The zero-order valence-electron chi connectivity index (χ0n) is 35.6. The predicted octanol–water partition coefficient (Wildman–Crippen LogP) is 11.2. The second-order valence-corrected chi connectivity index (χ2v) is 15.1. The molecule has 0 aliphatic rings. The zero-order chi connectivity index (χ0) is 41.2. The fourth-order valence-electron chi connectivity index (χ4n) is 6.41. The molecule has 9 nitrogen and oxygen atoms in total. The van der Waals surface area contributed by atoms with Gasteiger partial charge in [0, 0.05) is 12.8 Å². The van der Waals surface area contributed by atoms with Gasteiger partial charge in [-0.05, 0) is 77.0 Å². The van der Waals surface area contributed by atoms with Crippen LogP contribution in [0.1, 0.15) is 200 Å². The monoisotopic (exact) mass is 787 g/mol. The number of aliphatic hydroxyl groups excluding tert-OH is 1. The number of hydrogen-bond acceptors (Lipinski definition) is 6. The Kier molecular flexibility index (Phi) is 39.1. The number of aliphatic carboxylic acids is 1. The summed E-state index contributed by atoms with van der Waals surface area (Å²) in [6.07, 6.45) is 48.5. The van der Waals surface area contributed by atoms with Gasteiger partial charge in [-0.2, -0.15) is 0 Å². The van der Waals surface area contributed by atoms with Crippen LogP contribution in [-0.2, 0) is 23.9 Å². The molecule has 0 aromatic carbocycles. The first-order chi connectivity index (χ1) is 27.3. The third-order valence-corrected chi connectivity index (χ3v) is 9.84. The van der Waals surface area contributed by atoms with Crippen LogP contribution in [0.15, 0.2) is 48.6 Å². The molecule has 0 radical (unpaired) electrons. The molecule has 0 aromatic rings. The number of carbonyl (C=O) groups excluding carboxylic acids is 3. The van der Waals surface area contributed by atoms with Gasteiger partial charge in [0.25, 0.3) is 0 Å². The lowest BCUT2D eigenvalue weighted by Crippen LogP contribution is -2.47. The number of rotatable bonds is 40. The Morgan fingerprint density at radius 2 is 1.02 bits per heavy atom. The van der Waals surface area contributed by atoms with Crippen molar-refractivity contribution < 1.29 is 34.1 Å². The number of nitrogens with one attached hydrogen (secondary N) is 2. The number of hydrogen-bond donors (Lipinski definition) is 4.